The summed E-state index contributed by atoms with van der Waals surface area (Å²) >= 11 is 0. The molecule has 122 valence electrons. The van der Waals surface area contributed by atoms with Crippen LogP contribution in [-0.2, 0) is 11.8 Å². The van der Waals surface area contributed by atoms with Crippen molar-refractivity contribution >= 4 is 11.9 Å². The molecule has 0 saturated carbocycles. The first-order valence-corrected chi connectivity index (χ1v) is 8.26. The van der Waals surface area contributed by atoms with Crippen molar-refractivity contribution in [3.05, 3.63) is 48.3 Å². The van der Waals surface area contributed by atoms with Crippen LogP contribution >= 0.6 is 0 Å². The molecule has 23 heavy (non-hydrogen) atoms. The highest BCUT2D eigenvalue weighted by Gasteiger charge is 2.28. The van der Waals surface area contributed by atoms with Crippen molar-refractivity contribution in [1.29, 1.82) is 0 Å². The largest absolute Gasteiger partial charge is 0.339 e. The third-order valence-corrected chi connectivity index (χ3v) is 4.58. The van der Waals surface area contributed by atoms with Crippen molar-refractivity contribution in [3.63, 3.8) is 0 Å². The third kappa shape index (κ3) is 3.23. The molecule has 0 radical (unpaired) electrons. The molecule has 1 saturated heterocycles. The molecule has 5 heteroatoms. The lowest BCUT2D eigenvalue weighted by Gasteiger charge is -2.36. The molecule has 0 N–H and O–H groups in total. The van der Waals surface area contributed by atoms with Gasteiger partial charge in [0.25, 0.3) is 0 Å². The second kappa shape index (κ2) is 6.86. The van der Waals surface area contributed by atoms with Crippen molar-refractivity contribution in [2.24, 2.45) is 7.05 Å². The zero-order valence-corrected chi connectivity index (χ0v) is 13.9. The minimum atomic E-state index is -0.0316. The molecule has 1 aromatic carbocycles. The third-order valence-electron chi connectivity index (χ3n) is 4.58. The summed E-state index contributed by atoms with van der Waals surface area (Å²) in [5, 5.41) is 0. The second-order valence-electron chi connectivity index (χ2n) is 6.02. The van der Waals surface area contributed by atoms with E-state index in [9.17, 15) is 4.79 Å². The molecule has 0 unspecified atom stereocenters. The van der Waals surface area contributed by atoms with Crippen LogP contribution in [0.2, 0.25) is 0 Å². The van der Waals surface area contributed by atoms with Gasteiger partial charge in [0.15, 0.2) is 0 Å². The van der Waals surface area contributed by atoms with E-state index in [1.54, 1.807) is 0 Å². The Morgan fingerprint density at radius 3 is 2.43 bits per heavy atom. The van der Waals surface area contributed by atoms with Crippen LogP contribution in [0, 0.1) is 0 Å². The Kier molecular flexibility index (Phi) is 4.65. The van der Waals surface area contributed by atoms with E-state index in [2.05, 4.69) is 28.9 Å². The van der Waals surface area contributed by atoms with Crippen LogP contribution in [0.3, 0.4) is 0 Å². The molecule has 3 rings (SSSR count). The molecule has 1 fully saturated rings. The average Bonchev–Trinajstić information content (AvgIpc) is 3.02. The summed E-state index contributed by atoms with van der Waals surface area (Å²) in [6.45, 7) is 5.27. The molecule has 2 heterocycles. The minimum absolute atomic E-state index is 0.0316. The first-order chi connectivity index (χ1) is 11.2. The molecule has 0 spiro atoms. The summed E-state index contributed by atoms with van der Waals surface area (Å²) in [4.78, 5) is 21.5. The first-order valence-electron chi connectivity index (χ1n) is 8.26. The number of aryl methyl sites for hydroxylation is 1. The molecule has 1 amide bonds. The van der Waals surface area contributed by atoms with Gasteiger partial charge in [-0.2, -0.15) is 0 Å². The topological polar surface area (TPSA) is 41.4 Å². The monoisotopic (exact) mass is 312 g/mol. The molecule has 5 nitrogen and oxygen atoms in total. The number of piperazine rings is 1. The molecule has 1 aliphatic heterocycles. The van der Waals surface area contributed by atoms with Crippen molar-refractivity contribution in [1.82, 2.24) is 14.5 Å². The summed E-state index contributed by atoms with van der Waals surface area (Å²) in [5.41, 5.74) is 1.12. The maximum absolute atomic E-state index is 12.9. The van der Waals surface area contributed by atoms with Gasteiger partial charge in [0, 0.05) is 45.6 Å². The molecule has 1 aliphatic rings. The average molecular weight is 312 g/mol. The van der Waals surface area contributed by atoms with E-state index >= 15 is 0 Å². The number of anilines is 1. The van der Waals surface area contributed by atoms with Crippen LogP contribution in [0.4, 0.5) is 5.95 Å². The van der Waals surface area contributed by atoms with Gasteiger partial charge in [0.05, 0.1) is 5.92 Å². The fourth-order valence-electron chi connectivity index (χ4n) is 3.25. The fourth-order valence-corrected chi connectivity index (χ4v) is 3.25. The van der Waals surface area contributed by atoms with E-state index in [-0.39, 0.29) is 11.8 Å². The van der Waals surface area contributed by atoms with Gasteiger partial charge in [0.2, 0.25) is 11.9 Å². The highest BCUT2D eigenvalue weighted by atomic mass is 16.2. The van der Waals surface area contributed by atoms with E-state index in [0.29, 0.717) is 0 Å². The Hall–Kier alpha value is -2.30. The Bertz CT molecular complexity index is 644. The van der Waals surface area contributed by atoms with Crippen LogP contribution in [-0.4, -0.2) is 46.5 Å². The molecule has 1 aromatic heterocycles. The number of rotatable bonds is 4. The molecule has 2 aromatic rings. The number of nitrogens with zero attached hydrogens (tertiary/aromatic N) is 4. The Morgan fingerprint density at radius 1 is 1.17 bits per heavy atom. The Morgan fingerprint density at radius 2 is 1.87 bits per heavy atom. The first kappa shape index (κ1) is 15.6. The number of hydrogen-bond donors (Lipinski definition) is 0. The maximum atomic E-state index is 12.9. The number of hydrogen-bond acceptors (Lipinski definition) is 3. The van der Waals surface area contributed by atoms with Crippen LogP contribution in [0.5, 0.6) is 0 Å². The van der Waals surface area contributed by atoms with Gasteiger partial charge in [-0.15, -0.1) is 0 Å². The van der Waals surface area contributed by atoms with Gasteiger partial charge in [-0.25, -0.2) is 4.98 Å². The van der Waals surface area contributed by atoms with E-state index in [1.165, 1.54) is 0 Å². The molecule has 1 atom stereocenters. The van der Waals surface area contributed by atoms with Crippen LogP contribution in [0.25, 0.3) is 0 Å². The van der Waals surface area contributed by atoms with Crippen molar-refractivity contribution < 1.29 is 4.79 Å². The van der Waals surface area contributed by atoms with E-state index in [1.807, 2.05) is 47.1 Å². The Labute approximate surface area is 137 Å². The summed E-state index contributed by atoms with van der Waals surface area (Å²) in [7, 11) is 2.00. The van der Waals surface area contributed by atoms with Crippen LogP contribution in [0.1, 0.15) is 24.8 Å². The van der Waals surface area contributed by atoms with Crippen molar-refractivity contribution in [3.8, 4) is 0 Å². The fraction of sp³-hybridized carbons (Fsp3) is 0.444. The summed E-state index contributed by atoms with van der Waals surface area (Å²) in [6.07, 6.45) is 4.60. The molecule has 0 bridgehead atoms. The highest BCUT2D eigenvalue weighted by molar-refractivity contribution is 5.84. The van der Waals surface area contributed by atoms with Gasteiger partial charge in [-0.3, -0.25) is 4.79 Å². The van der Waals surface area contributed by atoms with Gasteiger partial charge in [-0.1, -0.05) is 37.3 Å². The smallest absolute Gasteiger partial charge is 0.230 e. The summed E-state index contributed by atoms with van der Waals surface area (Å²) in [6, 6.07) is 10.1. The second-order valence-corrected chi connectivity index (χ2v) is 6.02. The zero-order valence-electron chi connectivity index (χ0n) is 13.9. The molecular weight excluding hydrogens is 288 g/mol. The van der Waals surface area contributed by atoms with Crippen molar-refractivity contribution in [2.45, 2.75) is 19.3 Å². The maximum Gasteiger partial charge on any atom is 0.230 e. The SMILES string of the molecule is CC[C@H](C(=O)N1CCN(c2nccn2C)CC1)c1ccccc1. The number of imidazole rings is 1. The van der Waals surface area contributed by atoms with Gasteiger partial charge in [0.1, 0.15) is 0 Å². The number of aromatic nitrogens is 2. The highest BCUT2D eigenvalue weighted by Crippen LogP contribution is 2.23. The van der Waals surface area contributed by atoms with Crippen molar-refractivity contribution in [2.75, 3.05) is 31.1 Å². The number of benzene rings is 1. The standard InChI is InChI=1S/C18H24N4O/c1-3-16(15-7-5-4-6-8-15)17(23)21-11-13-22(14-12-21)18-19-9-10-20(18)2/h4-10,16H,3,11-14H2,1-2H3/t16-/m0/s1. The van der Waals surface area contributed by atoms with Gasteiger partial charge in [-0.05, 0) is 12.0 Å². The van der Waals surface area contributed by atoms with E-state index < -0.39 is 0 Å². The molecular formula is C18H24N4O. The Balaban J connectivity index is 1.65. The number of carbonyl (C=O) groups excluding carboxylic acids is 1. The lowest BCUT2D eigenvalue weighted by molar-refractivity contribution is -0.133. The van der Waals surface area contributed by atoms with Gasteiger partial charge < -0.3 is 14.4 Å². The number of carbonyl (C=O) groups is 1. The summed E-state index contributed by atoms with van der Waals surface area (Å²) < 4.78 is 2.02. The van der Waals surface area contributed by atoms with Gasteiger partial charge >= 0.3 is 0 Å². The zero-order chi connectivity index (χ0) is 16.2. The lowest BCUT2D eigenvalue weighted by Crippen LogP contribution is -2.50. The minimum Gasteiger partial charge on any atom is -0.339 e. The van der Waals surface area contributed by atoms with Crippen LogP contribution in [0.15, 0.2) is 42.7 Å². The number of amides is 1. The van der Waals surface area contributed by atoms with E-state index in [0.717, 1.165) is 44.1 Å². The summed E-state index contributed by atoms with van der Waals surface area (Å²) in [5.74, 6) is 1.20. The normalized spacial score (nSPS) is 16.4. The lowest BCUT2D eigenvalue weighted by atomic mass is 9.95. The van der Waals surface area contributed by atoms with Crippen LogP contribution < -0.4 is 4.90 Å². The predicted octanol–water partition coefficient (Wildman–Crippen LogP) is 2.26. The molecule has 0 aliphatic carbocycles. The predicted molar refractivity (Wildman–Crippen MR) is 91.5 cm³/mol. The quantitative estimate of drug-likeness (QED) is 0.869. The van der Waals surface area contributed by atoms with E-state index in [4.69, 9.17) is 0 Å².